The van der Waals surface area contributed by atoms with E-state index in [4.69, 9.17) is 11.6 Å². The lowest BCUT2D eigenvalue weighted by molar-refractivity contribution is 1.34. The van der Waals surface area contributed by atoms with Crippen molar-refractivity contribution in [1.82, 2.24) is 4.98 Å². The Morgan fingerprint density at radius 2 is 2.00 bits per heavy atom. The number of hydrogen-bond donors (Lipinski definition) is 0. The van der Waals surface area contributed by atoms with E-state index < -0.39 is 0 Å². The second kappa shape index (κ2) is 3.80. The smallest absolute Gasteiger partial charge is 0.0754 e. The van der Waals surface area contributed by atoms with E-state index in [0.29, 0.717) is 5.02 Å². The van der Waals surface area contributed by atoms with Crippen molar-refractivity contribution in [3.05, 3.63) is 37.9 Å². The molecule has 0 amide bonds. The molecular formula is C10H6Br2ClN. The number of fused-ring (bicyclic) bond motifs is 1. The summed E-state index contributed by atoms with van der Waals surface area (Å²) < 4.78 is 1.96. The van der Waals surface area contributed by atoms with Gasteiger partial charge in [0.15, 0.2) is 0 Å². The molecule has 0 aliphatic carbocycles. The Hall–Kier alpha value is -0.120. The van der Waals surface area contributed by atoms with E-state index in [2.05, 4.69) is 36.8 Å². The van der Waals surface area contributed by atoms with Crippen LogP contribution in [0.3, 0.4) is 0 Å². The highest BCUT2D eigenvalue weighted by Gasteiger charge is 2.07. The molecule has 0 aliphatic rings. The van der Waals surface area contributed by atoms with Gasteiger partial charge >= 0.3 is 0 Å². The highest BCUT2D eigenvalue weighted by Crippen LogP contribution is 2.33. The molecule has 1 heterocycles. The monoisotopic (exact) mass is 333 g/mol. The number of pyridine rings is 1. The minimum Gasteiger partial charge on any atom is -0.254 e. The second-order valence-corrected chi connectivity index (χ2v) is 5.04. The summed E-state index contributed by atoms with van der Waals surface area (Å²) in [5.41, 5.74) is 2.09. The number of nitrogens with zero attached hydrogens (tertiary/aromatic N) is 1. The van der Waals surface area contributed by atoms with Crippen LogP contribution < -0.4 is 0 Å². The molecule has 1 aromatic heterocycles. The van der Waals surface area contributed by atoms with Crippen molar-refractivity contribution in [3.8, 4) is 0 Å². The first-order valence-corrected chi connectivity index (χ1v) is 5.96. The van der Waals surface area contributed by atoms with E-state index in [1.807, 2.05) is 19.1 Å². The number of benzene rings is 1. The van der Waals surface area contributed by atoms with Crippen molar-refractivity contribution in [2.24, 2.45) is 0 Å². The SMILES string of the molecule is Cc1c(Br)ccc2c(Br)c(Cl)cnc12. The van der Waals surface area contributed by atoms with Crippen molar-refractivity contribution < 1.29 is 0 Å². The van der Waals surface area contributed by atoms with Crippen LogP contribution >= 0.6 is 43.5 Å². The zero-order valence-corrected chi connectivity index (χ0v) is 11.2. The number of hydrogen-bond acceptors (Lipinski definition) is 1. The van der Waals surface area contributed by atoms with E-state index in [-0.39, 0.29) is 0 Å². The van der Waals surface area contributed by atoms with Crippen LogP contribution in [0.25, 0.3) is 10.9 Å². The largest absolute Gasteiger partial charge is 0.254 e. The van der Waals surface area contributed by atoms with Crippen molar-refractivity contribution in [2.45, 2.75) is 6.92 Å². The Labute approximate surface area is 104 Å². The van der Waals surface area contributed by atoms with Crippen LogP contribution in [0.15, 0.2) is 27.3 Å². The maximum absolute atomic E-state index is 5.96. The van der Waals surface area contributed by atoms with Crippen LogP contribution in [0.1, 0.15) is 5.56 Å². The molecule has 0 aliphatic heterocycles. The van der Waals surface area contributed by atoms with Crippen LogP contribution in [-0.4, -0.2) is 4.98 Å². The highest BCUT2D eigenvalue weighted by atomic mass is 79.9. The fourth-order valence-electron chi connectivity index (χ4n) is 1.33. The summed E-state index contributed by atoms with van der Waals surface area (Å²) in [6, 6.07) is 4.00. The van der Waals surface area contributed by atoms with Gasteiger partial charge in [-0.3, -0.25) is 4.98 Å². The third-order valence-electron chi connectivity index (χ3n) is 2.12. The molecule has 0 atom stereocenters. The Bertz CT molecular complexity index is 464. The topological polar surface area (TPSA) is 12.9 Å². The van der Waals surface area contributed by atoms with Crippen molar-refractivity contribution in [3.63, 3.8) is 0 Å². The van der Waals surface area contributed by atoms with Gasteiger partial charge in [-0.25, -0.2) is 0 Å². The van der Waals surface area contributed by atoms with Crippen molar-refractivity contribution >= 4 is 54.4 Å². The Balaban J connectivity index is 2.94. The van der Waals surface area contributed by atoms with Crippen molar-refractivity contribution in [2.75, 3.05) is 0 Å². The van der Waals surface area contributed by atoms with Gasteiger partial charge < -0.3 is 0 Å². The van der Waals surface area contributed by atoms with E-state index in [1.165, 1.54) is 0 Å². The van der Waals surface area contributed by atoms with Crippen LogP contribution in [-0.2, 0) is 0 Å². The van der Waals surface area contributed by atoms with Gasteiger partial charge in [0.1, 0.15) is 0 Å². The normalized spacial score (nSPS) is 10.9. The van der Waals surface area contributed by atoms with Crippen LogP contribution in [0.5, 0.6) is 0 Å². The van der Waals surface area contributed by atoms with Crippen LogP contribution in [0.2, 0.25) is 5.02 Å². The third-order valence-corrected chi connectivity index (χ3v) is 4.35. The molecule has 0 radical (unpaired) electrons. The van der Waals surface area contributed by atoms with E-state index in [1.54, 1.807) is 6.20 Å². The number of aromatic nitrogens is 1. The quantitative estimate of drug-likeness (QED) is 0.679. The van der Waals surface area contributed by atoms with Gasteiger partial charge in [0, 0.05) is 20.5 Å². The van der Waals surface area contributed by atoms with E-state index >= 15 is 0 Å². The highest BCUT2D eigenvalue weighted by molar-refractivity contribution is 9.11. The number of halogens is 3. The Kier molecular flexibility index (Phi) is 2.82. The summed E-state index contributed by atoms with van der Waals surface area (Å²) in [5.74, 6) is 0. The fraction of sp³-hybridized carbons (Fsp3) is 0.100. The lowest BCUT2D eigenvalue weighted by atomic mass is 10.1. The molecule has 0 saturated carbocycles. The molecule has 0 bridgehead atoms. The predicted octanol–water partition coefficient (Wildman–Crippen LogP) is 4.72. The predicted molar refractivity (Wildman–Crippen MR) is 66.9 cm³/mol. The molecule has 0 spiro atoms. The summed E-state index contributed by atoms with van der Waals surface area (Å²) in [7, 11) is 0. The lowest BCUT2D eigenvalue weighted by Crippen LogP contribution is -1.86. The second-order valence-electron chi connectivity index (χ2n) is 2.99. The minimum absolute atomic E-state index is 0.638. The molecule has 1 aromatic carbocycles. The summed E-state index contributed by atoms with van der Waals surface area (Å²) in [6.07, 6.45) is 1.66. The molecule has 1 nitrogen and oxygen atoms in total. The van der Waals surface area contributed by atoms with Gasteiger partial charge in [-0.2, -0.15) is 0 Å². The molecule has 2 rings (SSSR count). The molecule has 0 unspecified atom stereocenters. The van der Waals surface area contributed by atoms with Gasteiger partial charge in [0.2, 0.25) is 0 Å². The molecule has 2 aromatic rings. The first-order chi connectivity index (χ1) is 6.61. The van der Waals surface area contributed by atoms with E-state index in [0.717, 1.165) is 25.4 Å². The van der Waals surface area contributed by atoms with Crippen molar-refractivity contribution in [1.29, 1.82) is 0 Å². The average molecular weight is 335 g/mol. The third kappa shape index (κ3) is 1.58. The first kappa shape index (κ1) is 10.4. The molecule has 0 saturated heterocycles. The average Bonchev–Trinajstić information content (AvgIpc) is 2.17. The summed E-state index contributed by atoms with van der Waals surface area (Å²) >= 11 is 12.9. The maximum atomic E-state index is 5.96. The minimum atomic E-state index is 0.638. The molecule has 72 valence electrons. The Morgan fingerprint density at radius 1 is 1.29 bits per heavy atom. The summed E-state index contributed by atoms with van der Waals surface area (Å²) in [5, 5.41) is 1.68. The standard InChI is InChI=1S/C10H6Br2ClN/c1-5-7(11)3-2-6-9(12)8(13)4-14-10(5)6/h2-4H,1H3. The fourth-order valence-corrected chi connectivity index (χ4v) is 2.22. The molecule has 4 heteroatoms. The number of aryl methyl sites for hydroxylation is 1. The van der Waals surface area contributed by atoms with E-state index in [9.17, 15) is 0 Å². The van der Waals surface area contributed by atoms with Crippen LogP contribution in [0.4, 0.5) is 0 Å². The number of rotatable bonds is 0. The van der Waals surface area contributed by atoms with Gasteiger partial charge in [-0.05, 0) is 34.5 Å². The first-order valence-electron chi connectivity index (χ1n) is 4.00. The van der Waals surface area contributed by atoms with Gasteiger partial charge in [0.05, 0.1) is 10.5 Å². The van der Waals surface area contributed by atoms with Gasteiger partial charge in [-0.1, -0.05) is 33.6 Å². The maximum Gasteiger partial charge on any atom is 0.0754 e. The molecule has 0 fully saturated rings. The summed E-state index contributed by atoms with van der Waals surface area (Å²) in [4.78, 5) is 4.31. The van der Waals surface area contributed by atoms with Gasteiger partial charge in [-0.15, -0.1) is 0 Å². The molecular weight excluding hydrogens is 329 g/mol. The lowest BCUT2D eigenvalue weighted by Gasteiger charge is -2.06. The summed E-state index contributed by atoms with van der Waals surface area (Å²) in [6.45, 7) is 2.03. The van der Waals surface area contributed by atoms with Gasteiger partial charge in [0.25, 0.3) is 0 Å². The molecule has 0 N–H and O–H groups in total. The Morgan fingerprint density at radius 3 is 2.71 bits per heavy atom. The van der Waals surface area contributed by atoms with Crippen LogP contribution in [0, 0.1) is 6.92 Å². The zero-order chi connectivity index (χ0) is 10.3. The molecule has 14 heavy (non-hydrogen) atoms. The zero-order valence-electron chi connectivity index (χ0n) is 7.31.